The molecule has 0 bridgehead atoms. The van der Waals surface area contributed by atoms with E-state index in [1.165, 1.54) is 0 Å². The largest absolute Gasteiger partial charge is 0.478 e. The van der Waals surface area contributed by atoms with Crippen LogP contribution in [0.3, 0.4) is 0 Å². The lowest BCUT2D eigenvalue weighted by molar-refractivity contribution is 0.360. The number of para-hydroxylation sites is 1. The van der Waals surface area contributed by atoms with E-state index in [0.717, 1.165) is 5.56 Å². The molecule has 0 saturated carbocycles. The monoisotopic (exact) mass is 243 g/mol. The molecule has 0 spiro atoms. The van der Waals surface area contributed by atoms with E-state index in [1.807, 2.05) is 44.2 Å². The normalized spacial score (nSPS) is 10.4. The van der Waals surface area contributed by atoms with Crippen molar-refractivity contribution in [1.29, 1.82) is 10.5 Å². The maximum absolute atomic E-state index is 8.91. The van der Waals surface area contributed by atoms with Crippen LogP contribution >= 0.6 is 0 Å². The van der Waals surface area contributed by atoms with Gasteiger partial charge in [-0.1, -0.05) is 18.2 Å². The van der Waals surface area contributed by atoms with Gasteiger partial charge < -0.3 is 10.1 Å². The van der Waals surface area contributed by atoms with Crippen LogP contribution in [0.25, 0.3) is 0 Å². The molecule has 0 aromatic heterocycles. The molecule has 0 amide bonds. The third-order valence-electron chi connectivity index (χ3n) is 2.45. The Bertz CT molecular complexity index is 469. The molecule has 0 saturated heterocycles. The predicted octanol–water partition coefficient (Wildman–Crippen LogP) is 2.23. The number of nitrogens with one attached hydrogen (secondary N) is 1. The maximum Gasteiger partial charge on any atom is 0.174 e. The van der Waals surface area contributed by atoms with Gasteiger partial charge in [-0.05, 0) is 19.9 Å². The zero-order valence-electron chi connectivity index (χ0n) is 10.7. The zero-order valence-corrected chi connectivity index (χ0v) is 10.7. The predicted molar refractivity (Wildman–Crippen MR) is 68.7 cm³/mol. The van der Waals surface area contributed by atoms with Crippen molar-refractivity contribution < 1.29 is 4.74 Å². The fourth-order valence-corrected chi connectivity index (χ4v) is 1.45. The summed E-state index contributed by atoms with van der Waals surface area (Å²) in [6.45, 7) is 5.04. The second-order valence-electron chi connectivity index (χ2n) is 4.65. The molecular weight excluding hydrogens is 226 g/mol. The first kappa shape index (κ1) is 14.0. The van der Waals surface area contributed by atoms with Crippen molar-refractivity contribution in [3.8, 4) is 17.9 Å². The standard InChI is InChI=1S/C14H17N3O/c1-14(2,10-16)11-17-9-12-5-3-4-6-13(12)18-8-7-15/h3-6,17H,8-9,11H2,1-2H3. The van der Waals surface area contributed by atoms with Gasteiger partial charge in [0.1, 0.15) is 11.8 Å². The summed E-state index contributed by atoms with van der Waals surface area (Å²) in [5, 5.41) is 20.6. The van der Waals surface area contributed by atoms with Crippen molar-refractivity contribution in [2.75, 3.05) is 13.2 Å². The highest BCUT2D eigenvalue weighted by molar-refractivity contribution is 5.33. The smallest absolute Gasteiger partial charge is 0.174 e. The van der Waals surface area contributed by atoms with Gasteiger partial charge in [0.05, 0.1) is 11.5 Å². The Morgan fingerprint density at radius 1 is 1.28 bits per heavy atom. The summed E-state index contributed by atoms with van der Waals surface area (Å²) in [5.41, 5.74) is 0.601. The van der Waals surface area contributed by atoms with Crippen LogP contribution in [0.5, 0.6) is 5.75 Å². The van der Waals surface area contributed by atoms with Crippen LogP contribution in [0, 0.1) is 28.1 Å². The lowest BCUT2D eigenvalue weighted by atomic mass is 9.96. The quantitative estimate of drug-likeness (QED) is 0.831. The van der Waals surface area contributed by atoms with E-state index in [-0.39, 0.29) is 12.0 Å². The van der Waals surface area contributed by atoms with Crippen LogP contribution in [-0.4, -0.2) is 13.2 Å². The lowest BCUT2D eigenvalue weighted by Crippen LogP contribution is -2.27. The van der Waals surface area contributed by atoms with E-state index >= 15 is 0 Å². The molecule has 1 rings (SSSR count). The topological polar surface area (TPSA) is 68.8 Å². The molecule has 0 aliphatic rings. The van der Waals surface area contributed by atoms with Gasteiger partial charge in [0.2, 0.25) is 0 Å². The molecule has 0 unspecified atom stereocenters. The number of nitrogens with zero attached hydrogens (tertiary/aromatic N) is 2. The van der Waals surface area contributed by atoms with Crippen LogP contribution in [0.2, 0.25) is 0 Å². The Kier molecular flexibility index (Phi) is 5.17. The van der Waals surface area contributed by atoms with Crippen LogP contribution in [0.4, 0.5) is 0 Å². The minimum Gasteiger partial charge on any atom is -0.478 e. The third kappa shape index (κ3) is 4.45. The van der Waals surface area contributed by atoms with E-state index in [0.29, 0.717) is 18.8 Å². The summed E-state index contributed by atoms with van der Waals surface area (Å²) in [4.78, 5) is 0. The Morgan fingerprint density at radius 2 is 2.00 bits per heavy atom. The highest BCUT2D eigenvalue weighted by atomic mass is 16.5. The van der Waals surface area contributed by atoms with Crippen molar-refractivity contribution in [3.05, 3.63) is 29.8 Å². The number of nitriles is 2. The maximum atomic E-state index is 8.91. The summed E-state index contributed by atoms with van der Waals surface area (Å²) < 4.78 is 5.33. The molecule has 18 heavy (non-hydrogen) atoms. The molecule has 1 aromatic carbocycles. The van der Waals surface area contributed by atoms with Gasteiger partial charge in [0.15, 0.2) is 6.61 Å². The molecular formula is C14H17N3O. The Hall–Kier alpha value is -2.04. The molecule has 1 aromatic rings. The summed E-state index contributed by atoms with van der Waals surface area (Å²) in [6, 6.07) is 11.8. The van der Waals surface area contributed by atoms with Crippen LogP contribution < -0.4 is 10.1 Å². The SMILES string of the molecule is CC(C)(C#N)CNCc1ccccc1OCC#N. The lowest BCUT2D eigenvalue weighted by Gasteiger charge is -2.16. The van der Waals surface area contributed by atoms with Gasteiger partial charge in [0, 0.05) is 18.7 Å². The molecule has 94 valence electrons. The molecule has 0 atom stereocenters. The fraction of sp³-hybridized carbons (Fsp3) is 0.429. The average Bonchev–Trinajstić information content (AvgIpc) is 2.37. The minimum absolute atomic E-state index is 0.0424. The Balaban J connectivity index is 2.57. The van der Waals surface area contributed by atoms with E-state index in [2.05, 4.69) is 11.4 Å². The minimum atomic E-state index is -0.386. The van der Waals surface area contributed by atoms with Crippen LogP contribution in [0.15, 0.2) is 24.3 Å². The molecule has 0 aliphatic heterocycles. The second-order valence-corrected chi connectivity index (χ2v) is 4.65. The molecule has 0 heterocycles. The van der Waals surface area contributed by atoms with Crippen molar-refractivity contribution in [3.63, 3.8) is 0 Å². The highest BCUT2D eigenvalue weighted by Crippen LogP contribution is 2.18. The highest BCUT2D eigenvalue weighted by Gasteiger charge is 2.15. The molecule has 0 fully saturated rings. The first-order valence-electron chi connectivity index (χ1n) is 5.79. The van der Waals surface area contributed by atoms with E-state index < -0.39 is 0 Å². The first-order chi connectivity index (χ1) is 8.59. The summed E-state index contributed by atoms with van der Waals surface area (Å²) in [7, 11) is 0. The zero-order chi connectivity index (χ0) is 13.4. The fourth-order valence-electron chi connectivity index (χ4n) is 1.45. The summed E-state index contributed by atoms with van der Waals surface area (Å²) in [6.07, 6.45) is 0. The van der Waals surface area contributed by atoms with Gasteiger partial charge in [-0.15, -0.1) is 0 Å². The van der Waals surface area contributed by atoms with E-state index in [9.17, 15) is 0 Å². The van der Waals surface area contributed by atoms with Gasteiger partial charge in [-0.2, -0.15) is 10.5 Å². The second kappa shape index (κ2) is 6.64. The number of hydrogen-bond donors (Lipinski definition) is 1. The van der Waals surface area contributed by atoms with Gasteiger partial charge >= 0.3 is 0 Å². The van der Waals surface area contributed by atoms with E-state index in [4.69, 9.17) is 15.3 Å². The number of hydrogen-bond acceptors (Lipinski definition) is 4. The molecule has 4 heteroatoms. The van der Waals surface area contributed by atoms with Crippen molar-refractivity contribution >= 4 is 0 Å². The first-order valence-corrected chi connectivity index (χ1v) is 5.79. The van der Waals surface area contributed by atoms with E-state index in [1.54, 1.807) is 0 Å². The van der Waals surface area contributed by atoms with Crippen molar-refractivity contribution in [2.45, 2.75) is 20.4 Å². The van der Waals surface area contributed by atoms with Gasteiger partial charge in [-0.25, -0.2) is 0 Å². The van der Waals surface area contributed by atoms with Crippen LogP contribution in [-0.2, 0) is 6.54 Å². The van der Waals surface area contributed by atoms with Crippen molar-refractivity contribution in [1.82, 2.24) is 5.32 Å². The molecule has 4 nitrogen and oxygen atoms in total. The Labute approximate surface area is 108 Å². The molecule has 1 N–H and O–H groups in total. The summed E-state index contributed by atoms with van der Waals surface area (Å²) >= 11 is 0. The van der Waals surface area contributed by atoms with Gasteiger partial charge in [0.25, 0.3) is 0 Å². The molecule has 0 radical (unpaired) electrons. The average molecular weight is 243 g/mol. The number of ether oxygens (including phenoxy) is 1. The van der Waals surface area contributed by atoms with Crippen molar-refractivity contribution in [2.24, 2.45) is 5.41 Å². The van der Waals surface area contributed by atoms with Gasteiger partial charge in [-0.3, -0.25) is 0 Å². The Morgan fingerprint density at radius 3 is 2.67 bits per heavy atom. The number of rotatable bonds is 6. The number of benzene rings is 1. The third-order valence-corrected chi connectivity index (χ3v) is 2.45. The molecule has 0 aliphatic carbocycles. The van der Waals surface area contributed by atoms with Crippen LogP contribution in [0.1, 0.15) is 19.4 Å². The summed E-state index contributed by atoms with van der Waals surface area (Å²) in [5.74, 6) is 0.710.